The zero-order valence-electron chi connectivity index (χ0n) is 16.9. The molecule has 0 saturated carbocycles. The van der Waals surface area contributed by atoms with Crippen molar-refractivity contribution in [1.29, 1.82) is 0 Å². The lowest BCUT2D eigenvalue weighted by atomic mass is 10.0. The maximum atomic E-state index is 6.15. The zero-order chi connectivity index (χ0) is 19.8. The summed E-state index contributed by atoms with van der Waals surface area (Å²) in [5, 5.41) is 4.77. The van der Waals surface area contributed by atoms with E-state index in [-0.39, 0.29) is 12.4 Å². The van der Waals surface area contributed by atoms with E-state index in [0.29, 0.717) is 6.61 Å². The first-order valence-corrected chi connectivity index (χ1v) is 9.76. The molecular weight excluding hydrogens is 394 g/mol. The highest BCUT2D eigenvalue weighted by Gasteiger charge is 2.17. The fourth-order valence-corrected chi connectivity index (χ4v) is 3.98. The molecule has 0 amide bonds. The third kappa shape index (κ3) is 3.42. The lowest BCUT2D eigenvalue weighted by Gasteiger charge is -2.12. The Morgan fingerprint density at radius 3 is 2.30 bits per heavy atom. The van der Waals surface area contributed by atoms with Crippen LogP contribution in [0.25, 0.3) is 27.1 Å². The van der Waals surface area contributed by atoms with E-state index >= 15 is 0 Å². The second-order valence-electron chi connectivity index (χ2n) is 7.25. The maximum Gasteiger partial charge on any atom is 0.219 e. The Labute approximate surface area is 181 Å². The molecule has 2 heterocycles. The molecule has 0 atom stereocenters. The van der Waals surface area contributed by atoms with E-state index in [0.717, 1.165) is 33.4 Å². The summed E-state index contributed by atoms with van der Waals surface area (Å²) in [6, 6.07) is 27.2. The van der Waals surface area contributed by atoms with Crippen LogP contribution < -0.4 is 26.3 Å². The summed E-state index contributed by atoms with van der Waals surface area (Å²) in [5.41, 5.74) is 3.51. The van der Waals surface area contributed by atoms with Crippen molar-refractivity contribution in [3.63, 3.8) is 0 Å². The highest BCUT2D eigenvalue weighted by atomic mass is 35.5. The smallest absolute Gasteiger partial charge is 0.219 e. The molecule has 3 nitrogen and oxygen atoms in total. The number of methoxy groups -OCH3 is 1. The van der Waals surface area contributed by atoms with Crippen LogP contribution in [0, 0.1) is 6.92 Å². The Kier molecular flexibility index (Phi) is 5.47. The summed E-state index contributed by atoms with van der Waals surface area (Å²) in [7, 11) is 1.68. The fourth-order valence-electron chi connectivity index (χ4n) is 3.98. The maximum absolute atomic E-state index is 6.15. The first-order chi connectivity index (χ1) is 14.2. The van der Waals surface area contributed by atoms with E-state index in [9.17, 15) is 0 Å². The van der Waals surface area contributed by atoms with Crippen LogP contribution in [0.4, 0.5) is 0 Å². The minimum absolute atomic E-state index is 0. The third-order valence-corrected chi connectivity index (χ3v) is 5.52. The molecule has 2 aromatic heterocycles. The lowest BCUT2D eigenvalue weighted by molar-refractivity contribution is -0.516. The van der Waals surface area contributed by atoms with Gasteiger partial charge in [-0.05, 0) is 34.5 Å². The number of aromatic nitrogens is 1. The van der Waals surface area contributed by atoms with Gasteiger partial charge in [0.05, 0.1) is 12.5 Å². The van der Waals surface area contributed by atoms with Crippen LogP contribution in [0.5, 0.6) is 11.5 Å². The molecule has 0 aliphatic rings. The molecule has 30 heavy (non-hydrogen) atoms. The fraction of sp³-hybridized carbons (Fsp3) is 0.115. The number of halogens is 1. The molecular formula is C26H22ClNO2. The van der Waals surface area contributed by atoms with E-state index in [1.54, 1.807) is 7.11 Å². The quantitative estimate of drug-likeness (QED) is 0.256. The van der Waals surface area contributed by atoms with Gasteiger partial charge in [0, 0.05) is 24.4 Å². The molecule has 5 aromatic rings. The van der Waals surface area contributed by atoms with Crippen molar-refractivity contribution in [3.05, 3.63) is 96.3 Å². The Hall–Kier alpha value is -3.30. The molecule has 5 rings (SSSR count). The Balaban J connectivity index is 0.00000218. The molecule has 4 heteroatoms. The van der Waals surface area contributed by atoms with Gasteiger partial charge in [-0.15, -0.1) is 0 Å². The minimum atomic E-state index is 0. The highest BCUT2D eigenvalue weighted by molar-refractivity contribution is 5.99. The van der Waals surface area contributed by atoms with Gasteiger partial charge in [0.25, 0.3) is 0 Å². The van der Waals surface area contributed by atoms with Gasteiger partial charge in [-0.25, -0.2) is 0 Å². The molecule has 0 radical (unpaired) electrons. The molecule has 0 unspecified atom stereocenters. The molecule has 0 aliphatic carbocycles. The molecule has 0 spiro atoms. The van der Waals surface area contributed by atoms with Gasteiger partial charge in [0.2, 0.25) is 5.52 Å². The van der Waals surface area contributed by atoms with Crippen LogP contribution in [-0.2, 0) is 6.61 Å². The van der Waals surface area contributed by atoms with Gasteiger partial charge in [0.15, 0.2) is 23.4 Å². The van der Waals surface area contributed by atoms with E-state index in [2.05, 4.69) is 78.2 Å². The number of hydrogen-bond donors (Lipinski definition) is 0. The normalized spacial score (nSPS) is 10.9. The summed E-state index contributed by atoms with van der Waals surface area (Å²) >= 11 is 0. The van der Waals surface area contributed by atoms with E-state index in [4.69, 9.17) is 9.47 Å². The number of fused-ring (bicyclic) bond motifs is 4. The number of hydrogen-bond acceptors (Lipinski definition) is 2. The standard InChI is InChI=1S/C26H22NO2.ClH/c1-18-22-11-7-6-10-20(22)14-24-23-16-26(29-17-19-8-4-3-5-9-19)25(28-2)15-21(23)12-13-27(18)24;/h3-16H,17H2,1-2H3;1H/q+1;/p-1. The van der Waals surface area contributed by atoms with Crippen LogP contribution >= 0.6 is 0 Å². The van der Waals surface area contributed by atoms with Crippen LogP contribution in [0.15, 0.2) is 85.1 Å². The highest BCUT2D eigenvalue weighted by Crippen LogP contribution is 2.34. The number of nitrogens with zero attached hydrogens (tertiary/aromatic N) is 1. The summed E-state index contributed by atoms with van der Waals surface area (Å²) in [5.74, 6) is 1.50. The summed E-state index contributed by atoms with van der Waals surface area (Å²) in [4.78, 5) is 0. The summed E-state index contributed by atoms with van der Waals surface area (Å²) < 4.78 is 14.0. The van der Waals surface area contributed by atoms with Crippen molar-refractivity contribution in [2.75, 3.05) is 7.11 Å². The Morgan fingerprint density at radius 2 is 1.50 bits per heavy atom. The van der Waals surface area contributed by atoms with Gasteiger partial charge in [-0.1, -0.05) is 48.5 Å². The van der Waals surface area contributed by atoms with E-state index in [1.165, 1.54) is 16.5 Å². The van der Waals surface area contributed by atoms with Crippen LogP contribution in [-0.4, -0.2) is 7.11 Å². The van der Waals surface area contributed by atoms with Gasteiger partial charge < -0.3 is 21.9 Å². The van der Waals surface area contributed by atoms with Crippen molar-refractivity contribution < 1.29 is 26.3 Å². The Morgan fingerprint density at radius 1 is 0.767 bits per heavy atom. The van der Waals surface area contributed by atoms with Gasteiger partial charge in [-0.3, -0.25) is 0 Å². The lowest BCUT2D eigenvalue weighted by Crippen LogP contribution is -3.00. The number of aryl methyl sites for hydroxylation is 1. The average molecular weight is 416 g/mol. The first-order valence-electron chi connectivity index (χ1n) is 9.76. The summed E-state index contributed by atoms with van der Waals surface area (Å²) in [6.45, 7) is 2.67. The number of benzene rings is 3. The van der Waals surface area contributed by atoms with Crippen molar-refractivity contribution in [3.8, 4) is 11.5 Å². The second kappa shape index (κ2) is 8.21. The van der Waals surface area contributed by atoms with Crippen LogP contribution in [0.3, 0.4) is 0 Å². The van der Waals surface area contributed by atoms with Gasteiger partial charge in [0.1, 0.15) is 6.61 Å². The van der Waals surface area contributed by atoms with Crippen molar-refractivity contribution in [2.24, 2.45) is 0 Å². The van der Waals surface area contributed by atoms with Crippen molar-refractivity contribution >= 4 is 27.1 Å². The molecule has 0 N–H and O–H groups in total. The van der Waals surface area contributed by atoms with Gasteiger partial charge in [-0.2, -0.15) is 4.40 Å². The minimum Gasteiger partial charge on any atom is -1.00 e. The predicted molar refractivity (Wildman–Crippen MR) is 117 cm³/mol. The average Bonchev–Trinajstić information content (AvgIpc) is 2.78. The molecule has 0 aliphatic heterocycles. The van der Waals surface area contributed by atoms with Crippen LogP contribution in [0.2, 0.25) is 0 Å². The third-order valence-electron chi connectivity index (χ3n) is 5.52. The zero-order valence-corrected chi connectivity index (χ0v) is 17.7. The van der Waals surface area contributed by atoms with Crippen LogP contribution in [0.1, 0.15) is 11.3 Å². The van der Waals surface area contributed by atoms with E-state index < -0.39 is 0 Å². The largest absolute Gasteiger partial charge is 1.00 e. The molecule has 3 aromatic carbocycles. The van der Waals surface area contributed by atoms with E-state index in [1.807, 2.05) is 18.2 Å². The topological polar surface area (TPSA) is 22.6 Å². The SMILES string of the molecule is COc1cc2cc[n+]3c(C)c4ccccc4cc3c2cc1OCc1ccccc1.[Cl-]. The number of rotatable bonds is 4. The van der Waals surface area contributed by atoms with Gasteiger partial charge >= 0.3 is 0 Å². The monoisotopic (exact) mass is 415 g/mol. The number of ether oxygens (including phenoxy) is 2. The molecule has 0 saturated heterocycles. The first kappa shape index (κ1) is 20.0. The summed E-state index contributed by atoms with van der Waals surface area (Å²) in [6.07, 6.45) is 2.13. The molecule has 0 bridgehead atoms. The second-order valence-corrected chi connectivity index (χ2v) is 7.25. The van der Waals surface area contributed by atoms with Crippen molar-refractivity contribution in [1.82, 2.24) is 0 Å². The predicted octanol–water partition coefficient (Wildman–Crippen LogP) is 2.63. The number of pyridine rings is 2. The van der Waals surface area contributed by atoms with Crippen molar-refractivity contribution in [2.45, 2.75) is 13.5 Å². The molecule has 150 valence electrons. The Bertz CT molecular complexity index is 1350. The molecule has 0 fully saturated rings.